The molecule has 0 saturated heterocycles. The summed E-state index contributed by atoms with van der Waals surface area (Å²) in [6, 6.07) is 95.0. The van der Waals surface area contributed by atoms with Crippen molar-refractivity contribution in [3.8, 4) is 44.5 Å². The zero-order chi connectivity index (χ0) is 46.1. The van der Waals surface area contributed by atoms with Crippen molar-refractivity contribution in [3.05, 3.63) is 261 Å². The van der Waals surface area contributed by atoms with E-state index in [1.54, 1.807) is 0 Å². The lowest BCUT2D eigenvalue weighted by Gasteiger charge is -2.26. The maximum Gasteiger partial charge on any atom is 0.159 e. The van der Waals surface area contributed by atoms with Crippen molar-refractivity contribution in [2.24, 2.45) is 0 Å². The van der Waals surface area contributed by atoms with E-state index in [4.69, 9.17) is 4.42 Å². The molecule has 0 radical (unpaired) electrons. The number of hydrogen-bond acceptors (Lipinski definition) is 2. The summed E-state index contributed by atoms with van der Waals surface area (Å²) < 4.78 is 6.88. The molecule has 1 heterocycles. The zero-order valence-corrected chi connectivity index (χ0v) is 38.2. The molecule has 0 atom stereocenters. The van der Waals surface area contributed by atoms with E-state index in [-0.39, 0.29) is 0 Å². The van der Waals surface area contributed by atoms with Crippen LogP contribution in [0.2, 0.25) is 0 Å². The molecule has 0 aliphatic rings. The molecular weight excluding hydrogens is 847 g/mol. The Balaban J connectivity index is 0.858. The largest absolute Gasteiger partial charge is 0.454 e. The van der Waals surface area contributed by atoms with Crippen LogP contribution < -0.4 is 4.90 Å². The quantitative estimate of drug-likeness (QED) is 0.159. The summed E-state index contributed by atoms with van der Waals surface area (Å²) in [5.41, 5.74) is 14.4. The average molecular weight is 890 g/mol. The number of furan rings is 1. The van der Waals surface area contributed by atoms with Gasteiger partial charge in [-0.25, -0.2) is 0 Å². The Kier molecular flexibility index (Phi) is 9.25. The van der Waals surface area contributed by atoms with Crippen LogP contribution in [0.5, 0.6) is 0 Å². The Morgan fingerprint density at radius 3 is 1.40 bits per heavy atom. The molecule has 70 heavy (non-hydrogen) atoms. The monoisotopic (exact) mass is 889 g/mol. The minimum absolute atomic E-state index is 0.856. The number of fused-ring (bicyclic) bond motifs is 9. The second-order valence-corrected chi connectivity index (χ2v) is 18.4. The van der Waals surface area contributed by atoms with Gasteiger partial charge >= 0.3 is 0 Å². The van der Waals surface area contributed by atoms with Crippen molar-refractivity contribution in [1.29, 1.82) is 0 Å². The first-order valence-electron chi connectivity index (χ1n) is 24.1. The van der Waals surface area contributed by atoms with Gasteiger partial charge in [0.25, 0.3) is 0 Å². The van der Waals surface area contributed by atoms with Gasteiger partial charge < -0.3 is 9.32 Å². The first-order valence-corrected chi connectivity index (χ1v) is 24.1. The second-order valence-electron chi connectivity index (χ2n) is 18.4. The van der Waals surface area contributed by atoms with Gasteiger partial charge in [-0.15, -0.1) is 0 Å². The summed E-state index contributed by atoms with van der Waals surface area (Å²) in [4.78, 5) is 2.34. The van der Waals surface area contributed by atoms with Gasteiger partial charge in [-0.3, -0.25) is 0 Å². The predicted octanol–water partition coefficient (Wildman–Crippen LogP) is 19.5. The molecular formula is C68H43NO. The van der Waals surface area contributed by atoms with E-state index < -0.39 is 0 Å². The third-order valence-corrected chi connectivity index (χ3v) is 14.4. The van der Waals surface area contributed by atoms with Crippen LogP contribution in [0.25, 0.3) is 120 Å². The highest BCUT2D eigenvalue weighted by molar-refractivity contribution is 6.21. The number of rotatable bonds is 7. The van der Waals surface area contributed by atoms with Crippen molar-refractivity contribution >= 4 is 92.9 Å². The number of benzene rings is 13. The zero-order valence-electron chi connectivity index (χ0n) is 38.2. The van der Waals surface area contributed by atoms with Crippen molar-refractivity contribution in [3.63, 3.8) is 0 Å². The minimum Gasteiger partial charge on any atom is -0.454 e. The number of anilines is 3. The van der Waals surface area contributed by atoms with E-state index in [2.05, 4.69) is 266 Å². The van der Waals surface area contributed by atoms with Crippen LogP contribution in [-0.4, -0.2) is 0 Å². The molecule has 0 aliphatic carbocycles. The van der Waals surface area contributed by atoms with Crippen LogP contribution >= 0.6 is 0 Å². The molecule has 0 spiro atoms. The smallest absolute Gasteiger partial charge is 0.159 e. The van der Waals surface area contributed by atoms with Crippen molar-refractivity contribution in [2.45, 2.75) is 0 Å². The summed E-state index contributed by atoms with van der Waals surface area (Å²) in [6.45, 7) is 0. The molecule has 0 bridgehead atoms. The topological polar surface area (TPSA) is 16.4 Å². The van der Waals surface area contributed by atoms with Crippen LogP contribution in [-0.2, 0) is 0 Å². The Morgan fingerprint density at radius 2 is 0.700 bits per heavy atom. The molecule has 14 rings (SSSR count). The highest BCUT2D eigenvalue weighted by Crippen LogP contribution is 2.45. The van der Waals surface area contributed by atoms with Gasteiger partial charge in [0.15, 0.2) is 5.58 Å². The Morgan fingerprint density at radius 1 is 0.257 bits per heavy atom. The first-order chi connectivity index (χ1) is 34.7. The van der Waals surface area contributed by atoms with Gasteiger partial charge in [0.05, 0.1) is 5.69 Å². The van der Waals surface area contributed by atoms with Crippen molar-refractivity contribution in [1.82, 2.24) is 0 Å². The molecule has 14 aromatic rings. The Labute approximate surface area is 405 Å². The molecule has 1 aromatic heterocycles. The summed E-state index contributed by atoms with van der Waals surface area (Å²) in [6.07, 6.45) is 0. The predicted molar refractivity (Wildman–Crippen MR) is 298 cm³/mol. The number of para-hydroxylation sites is 1. The number of nitrogens with zero attached hydrogens (tertiary/aromatic N) is 1. The fourth-order valence-corrected chi connectivity index (χ4v) is 11.0. The molecule has 0 N–H and O–H groups in total. The van der Waals surface area contributed by atoms with Gasteiger partial charge in [0.1, 0.15) is 5.58 Å². The summed E-state index contributed by atoms with van der Waals surface area (Å²) in [7, 11) is 0. The second kappa shape index (κ2) is 16.2. The molecule has 13 aromatic carbocycles. The average Bonchev–Trinajstić information content (AvgIpc) is 3.83. The maximum atomic E-state index is 6.88. The summed E-state index contributed by atoms with van der Waals surface area (Å²) in [5.74, 6) is 0. The maximum absolute atomic E-state index is 6.88. The lowest BCUT2D eigenvalue weighted by Crippen LogP contribution is -2.10. The van der Waals surface area contributed by atoms with Gasteiger partial charge in [0.2, 0.25) is 0 Å². The van der Waals surface area contributed by atoms with Crippen molar-refractivity contribution in [2.75, 3.05) is 4.90 Å². The van der Waals surface area contributed by atoms with E-state index in [1.807, 2.05) is 0 Å². The fraction of sp³-hybridized carbons (Fsp3) is 0. The third kappa shape index (κ3) is 6.64. The van der Waals surface area contributed by atoms with Gasteiger partial charge in [-0.1, -0.05) is 206 Å². The first kappa shape index (κ1) is 39.9. The fourth-order valence-electron chi connectivity index (χ4n) is 11.0. The van der Waals surface area contributed by atoms with Crippen molar-refractivity contribution < 1.29 is 4.42 Å². The molecule has 0 fully saturated rings. The highest BCUT2D eigenvalue weighted by Gasteiger charge is 2.21. The van der Waals surface area contributed by atoms with E-state index in [0.717, 1.165) is 50.1 Å². The Bertz CT molecular complexity index is 4350. The van der Waals surface area contributed by atoms with E-state index in [1.165, 1.54) is 87.2 Å². The van der Waals surface area contributed by atoms with Crippen LogP contribution in [0.3, 0.4) is 0 Å². The van der Waals surface area contributed by atoms with E-state index in [0.29, 0.717) is 0 Å². The number of hydrogen-bond donors (Lipinski definition) is 0. The molecule has 326 valence electrons. The van der Waals surface area contributed by atoms with Crippen LogP contribution in [0.4, 0.5) is 17.1 Å². The lowest BCUT2D eigenvalue weighted by molar-refractivity contribution is 0.669. The molecule has 0 unspecified atom stereocenters. The summed E-state index contributed by atoms with van der Waals surface area (Å²) in [5, 5.41) is 14.5. The molecule has 2 nitrogen and oxygen atoms in total. The summed E-state index contributed by atoms with van der Waals surface area (Å²) >= 11 is 0. The van der Waals surface area contributed by atoms with Crippen LogP contribution in [0, 0.1) is 0 Å². The van der Waals surface area contributed by atoms with Crippen LogP contribution in [0.1, 0.15) is 0 Å². The molecule has 0 amide bonds. The Hall–Kier alpha value is -9.24. The lowest BCUT2D eigenvalue weighted by atomic mass is 9.90. The third-order valence-electron chi connectivity index (χ3n) is 14.4. The standard InChI is InChI=1S/C68H43NO/c1-2-14-49-41-51(24-23-44(49)11-1)54-28-27-52-42-50(25-26-53(52)43-54)45-29-34-55(35-30-45)69(65-22-10-21-64-67-59-17-6-4-13-47(59)33-40-66(67)70-68(64)65)56-36-31-48(32-37-56)58-38-39-63(62-19-8-7-18-60(58)62)61-20-9-15-46-12-3-5-16-57(46)61/h1-43H. The van der Waals surface area contributed by atoms with E-state index in [9.17, 15) is 0 Å². The van der Waals surface area contributed by atoms with Gasteiger partial charge in [-0.2, -0.15) is 0 Å². The van der Waals surface area contributed by atoms with Crippen LogP contribution in [0.15, 0.2) is 265 Å². The van der Waals surface area contributed by atoms with Gasteiger partial charge in [-0.05, 0) is 153 Å². The SMILES string of the molecule is c1ccc2cc(-c3ccc4cc(-c5ccc(N(c6ccc(-c7ccc(-c8cccc9ccccc89)c8ccccc78)cc6)c6cccc7c6oc6ccc8ccccc8c67)cc5)ccc4c3)ccc2c1. The minimum atomic E-state index is 0.856. The highest BCUT2D eigenvalue weighted by atomic mass is 16.3. The molecule has 0 aliphatic heterocycles. The molecule has 2 heteroatoms. The van der Waals surface area contributed by atoms with E-state index >= 15 is 0 Å². The van der Waals surface area contributed by atoms with Gasteiger partial charge in [0, 0.05) is 22.1 Å². The molecule has 0 saturated carbocycles. The normalized spacial score (nSPS) is 11.7.